The van der Waals surface area contributed by atoms with E-state index in [4.69, 9.17) is 4.74 Å². The second-order valence-electron chi connectivity index (χ2n) is 7.96. The average molecular weight is 370 g/mol. The fourth-order valence-electron chi connectivity index (χ4n) is 4.95. The summed E-state index contributed by atoms with van der Waals surface area (Å²) in [5.41, 5.74) is 1.07. The van der Waals surface area contributed by atoms with Crippen LogP contribution in [0.25, 0.3) is 10.9 Å². The second-order valence-corrected chi connectivity index (χ2v) is 7.96. The summed E-state index contributed by atoms with van der Waals surface area (Å²) in [6.07, 6.45) is 9.05. The quantitative estimate of drug-likeness (QED) is 0.849. The summed E-state index contributed by atoms with van der Waals surface area (Å²) in [5.74, 6) is 1.63. The van der Waals surface area contributed by atoms with Crippen LogP contribution in [0.3, 0.4) is 0 Å². The van der Waals surface area contributed by atoms with Gasteiger partial charge in [-0.1, -0.05) is 18.6 Å². The minimum atomic E-state index is 0.152. The molecule has 2 atom stereocenters. The van der Waals surface area contributed by atoms with Gasteiger partial charge in [0.2, 0.25) is 5.91 Å². The minimum Gasteiger partial charge on any atom is -0.495 e. The second kappa shape index (κ2) is 8.34. The molecule has 5 nitrogen and oxygen atoms in total. The Bertz CT molecular complexity index is 783. The number of aromatic nitrogens is 1. The fraction of sp³-hybridized carbons (Fsp3) is 0.591. The van der Waals surface area contributed by atoms with Gasteiger partial charge < -0.3 is 19.5 Å². The molecule has 27 heavy (non-hydrogen) atoms. The van der Waals surface area contributed by atoms with E-state index < -0.39 is 0 Å². The van der Waals surface area contributed by atoms with Crippen LogP contribution in [-0.2, 0) is 11.3 Å². The molecular formula is C22H31N3O2. The summed E-state index contributed by atoms with van der Waals surface area (Å²) in [5, 5.41) is 4.36. The Balaban J connectivity index is 1.31. The molecule has 3 heterocycles. The van der Waals surface area contributed by atoms with Crippen molar-refractivity contribution >= 4 is 16.8 Å². The predicted octanol–water partition coefficient (Wildman–Crippen LogP) is 3.42. The van der Waals surface area contributed by atoms with Crippen LogP contribution in [-0.4, -0.2) is 48.2 Å². The van der Waals surface area contributed by atoms with Gasteiger partial charge in [0.05, 0.1) is 12.6 Å². The van der Waals surface area contributed by atoms with Gasteiger partial charge in [-0.05, 0) is 56.8 Å². The zero-order chi connectivity index (χ0) is 18.6. The van der Waals surface area contributed by atoms with Crippen molar-refractivity contribution in [2.75, 3.05) is 26.7 Å². The molecule has 0 saturated carbocycles. The zero-order valence-electron chi connectivity index (χ0n) is 16.3. The molecule has 1 amide bonds. The van der Waals surface area contributed by atoms with Crippen LogP contribution < -0.4 is 10.1 Å². The lowest BCUT2D eigenvalue weighted by atomic mass is 9.83. The molecule has 0 unspecified atom stereocenters. The minimum absolute atomic E-state index is 0.152. The van der Waals surface area contributed by atoms with Crippen LogP contribution in [0.1, 0.15) is 38.5 Å². The molecule has 2 aromatic rings. The Morgan fingerprint density at radius 1 is 1.19 bits per heavy atom. The summed E-state index contributed by atoms with van der Waals surface area (Å²) < 4.78 is 7.61. The van der Waals surface area contributed by atoms with Crippen molar-refractivity contribution in [1.29, 1.82) is 0 Å². The molecule has 1 N–H and O–H groups in total. The van der Waals surface area contributed by atoms with Gasteiger partial charge in [-0.2, -0.15) is 0 Å². The number of methoxy groups -OCH3 is 1. The number of fused-ring (bicyclic) bond motifs is 2. The van der Waals surface area contributed by atoms with Crippen molar-refractivity contribution < 1.29 is 9.53 Å². The van der Waals surface area contributed by atoms with Gasteiger partial charge in [0.15, 0.2) is 0 Å². The van der Waals surface area contributed by atoms with E-state index in [1.54, 1.807) is 7.11 Å². The summed E-state index contributed by atoms with van der Waals surface area (Å²) in [6.45, 7) is 4.00. The number of carbonyl (C=O) groups is 1. The normalized spacial score (nSPS) is 23.1. The molecule has 2 fully saturated rings. The first kappa shape index (κ1) is 18.4. The number of aryl methyl sites for hydroxylation is 1. The standard InChI is InChI=1S/C22H31N3O2/c1-27-20-9-4-6-17-10-14-25(22(17)20)15-11-21(26)23-16-18-7-5-13-24-12-3-2-8-19(18)24/h4,6,9-10,14,18-19H,2-3,5,7-8,11-13,15-16H2,1H3,(H,23,26)/t18-,19-/m1/s1. The number of amides is 1. The summed E-state index contributed by atoms with van der Waals surface area (Å²) >= 11 is 0. The maximum atomic E-state index is 12.5. The largest absolute Gasteiger partial charge is 0.495 e. The molecule has 0 radical (unpaired) electrons. The number of hydrogen-bond donors (Lipinski definition) is 1. The Morgan fingerprint density at radius 3 is 2.96 bits per heavy atom. The van der Waals surface area contributed by atoms with Gasteiger partial charge >= 0.3 is 0 Å². The molecule has 2 aliphatic heterocycles. The van der Waals surface area contributed by atoms with Crippen molar-refractivity contribution in [3.8, 4) is 5.75 Å². The fourth-order valence-corrected chi connectivity index (χ4v) is 4.95. The Morgan fingerprint density at radius 2 is 2.07 bits per heavy atom. The monoisotopic (exact) mass is 369 g/mol. The van der Waals surface area contributed by atoms with E-state index in [0.29, 0.717) is 24.9 Å². The molecule has 2 aliphatic rings. The van der Waals surface area contributed by atoms with Crippen LogP contribution in [0.4, 0.5) is 0 Å². The third-order valence-corrected chi connectivity index (χ3v) is 6.34. The number of para-hydroxylation sites is 1. The molecule has 5 heteroatoms. The Kier molecular flexibility index (Phi) is 5.67. The van der Waals surface area contributed by atoms with E-state index in [-0.39, 0.29) is 5.91 Å². The van der Waals surface area contributed by atoms with Crippen molar-refractivity contribution in [1.82, 2.24) is 14.8 Å². The molecule has 0 aliphatic carbocycles. The van der Waals surface area contributed by atoms with Gasteiger partial charge in [0.25, 0.3) is 0 Å². The number of rotatable bonds is 6. The number of benzene rings is 1. The lowest BCUT2D eigenvalue weighted by Crippen LogP contribution is -2.51. The highest BCUT2D eigenvalue weighted by atomic mass is 16.5. The van der Waals surface area contributed by atoms with Gasteiger partial charge in [-0.15, -0.1) is 0 Å². The number of nitrogens with one attached hydrogen (secondary N) is 1. The van der Waals surface area contributed by atoms with E-state index in [1.807, 2.05) is 18.3 Å². The summed E-state index contributed by atoms with van der Waals surface area (Å²) in [6, 6.07) is 8.81. The Hall–Kier alpha value is -2.01. The van der Waals surface area contributed by atoms with Crippen molar-refractivity contribution in [2.45, 2.75) is 51.1 Å². The van der Waals surface area contributed by atoms with E-state index in [1.165, 1.54) is 45.2 Å². The van der Waals surface area contributed by atoms with E-state index in [0.717, 1.165) is 23.2 Å². The van der Waals surface area contributed by atoms with E-state index in [9.17, 15) is 4.79 Å². The number of carbonyl (C=O) groups excluding carboxylic acids is 1. The van der Waals surface area contributed by atoms with Crippen molar-refractivity contribution in [3.05, 3.63) is 30.5 Å². The SMILES string of the molecule is COc1cccc2ccn(CCC(=O)NC[C@H]3CCCN4CCCC[C@H]34)c12. The van der Waals surface area contributed by atoms with Crippen LogP contribution in [0.2, 0.25) is 0 Å². The smallest absolute Gasteiger partial charge is 0.221 e. The highest BCUT2D eigenvalue weighted by Crippen LogP contribution is 2.30. The van der Waals surface area contributed by atoms with E-state index >= 15 is 0 Å². The van der Waals surface area contributed by atoms with Crippen LogP contribution >= 0.6 is 0 Å². The lowest BCUT2D eigenvalue weighted by molar-refractivity contribution is -0.121. The first-order valence-electron chi connectivity index (χ1n) is 10.4. The van der Waals surface area contributed by atoms with Gasteiger partial charge in [-0.25, -0.2) is 0 Å². The average Bonchev–Trinajstić information content (AvgIpc) is 3.14. The van der Waals surface area contributed by atoms with Crippen molar-refractivity contribution in [2.24, 2.45) is 5.92 Å². The molecular weight excluding hydrogens is 338 g/mol. The first-order chi connectivity index (χ1) is 13.3. The number of nitrogens with zero attached hydrogens (tertiary/aromatic N) is 2. The molecule has 1 aromatic carbocycles. The third kappa shape index (κ3) is 3.98. The summed E-state index contributed by atoms with van der Waals surface area (Å²) in [7, 11) is 1.69. The molecule has 0 spiro atoms. The molecule has 4 rings (SSSR count). The maximum absolute atomic E-state index is 12.5. The predicted molar refractivity (Wildman–Crippen MR) is 108 cm³/mol. The molecule has 0 bridgehead atoms. The third-order valence-electron chi connectivity index (χ3n) is 6.34. The molecule has 1 aromatic heterocycles. The van der Waals surface area contributed by atoms with Gasteiger partial charge in [0.1, 0.15) is 5.75 Å². The molecule has 146 valence electrons. The highest BCUT2D eigenvalue weighted by molar-refractivity contribution is 5.86. The first-order valence-corrected chi connectivity index (χ1v) is 10.4. The lowest BCUT2D eigenvalue weighted by Gasteiger charge is -2.44. The topological polar surface area (TPSA) is 46.5 Å². The maximum Gasteiger partial charge on any atom is 0.221 e. The van der Waals surface area contributed by atoms with Crippen LogP contribution in [0, 0.1) is 5.92 Å². The highest BCUT2D eigenvalue weighted by Gasteiger charge is 2.32. The number of piperidine rings is 2. The number of ether oxygens (including phenoxy) is 1. The van der Waals surface area contributed by atoms with Crippen LogP contribution in [0.15, 0.2) is 30.5 Å². The van der Waals surface area contributed by atoms with Crippen molar-refractivity contribution in [3.63, 3.8) is 0 Å². The Labute approximate surface area is 161 Å². The van der Waals surface area contributed by atoms with E-state index in [2.05, 4.69) is 26.9 Å². The molecule has 2 saturated heterocycles. The summed E-state index contributed by atoms with van der Waals surface area (Å²) in [4.78, 5) is 15.1. The van der Waals surface area contributed by atoms with Gasteiger partial charge in [-0.3, -0.25) is 4.79 Å². The zero-order valence-corrected chi connectivity index (χ0v) is 16.3. The number of hydrogen-bond acceptors (Lipinski definition) is 3. The van der Waals surface area contributed by atoms with Gasteiger partial charge in [0, 0.05) is 37.1 Å². The van der Waals surface area contributed by atoms with Crippen LogP contribution in [0.5, 0.6) is 5.75 Å².